The Balaban J connectivity index is 1.85. The Hall–Kier alpha value is -0.870. The van der Waals surface area contributed by atoms with E-state index >= 15 is 0 Å². The molecule has 2 atom stereocenters. The summed E-state index contributed by atoms with van der Waals surface area (Å²) in [6.45, 7) is 13.9. The molecule has 1 fully saturated rings. The third-order valence-corrected chi connectivity index (χ3v) is 4.47. The molecule has 0 radical (unpaired) electrons. The zero-order valence-electron chi connectivity index (χ0n) is 13.5. The largest absolute Gasteiger partial charge is 0.337 e. The van der Waals surface area contributed by atoms with E-state index in [2.05, 4.69) is 47.5 Å². The van der Waals surface area contributed by atoms with Gasteiger partial charge in [0.1, 0.15) is 0 Å². The van der Waals surface area contributed by atoms with Crippen molar-refractivity contribution in [1.29, 1.82) is 0 Å². The van der Waals surface area contributed by atoms with Crippen molar-refractivity contribution in [3.8, 4) is 0 Å². The fraction of sp³-hybridized carbons (Fsp3) is 0.812. The molecule has 0 amide bonds. The topological polar surface area (TPSA) is 33.1 Å². The predicted octanol–water partition coefficient (Wildman–Crippen LogP) is 2.37. The molecule has 114 valence electrons. The molecule has 2 unspecified atom stereocenters. The number of hydrogen-bond acceptors (Lipinski definition) is 3. The number of nitrogens with zero attached hydrogens (tertiary/aromatic N) is 3. The van der Waals surface area contributed by atoms with Crippen molar-refractivity contribution in [2.24, 2.45) is 5.41 Å². The van der Waals surface area contributed by atoms with Crippen LogP contribution in [0.15, 0.2) is 18.7 Å². The second-order valence-corrected chi connectivity index (χ2v) is 7.04. The highest BCUT2D eigenvalue weighted by Gasteiger charge is 2.32. The van der Waals surface area contributed by atoms with Gasteiger partial charge in [-0.25, -0.2) is 4.98 Å². The van der Waals surface area contributed by atoms with Gasteiger partial charge in [-0.05, 0) is 18.3 Å². The summed E-state index contributed by atoms with van der Waals surface area (Å²) in [5.41, 5.74) is 0.335. The van der Waals surface area contributed by atoms with E-state index in [0.717, 1.165) is 13.1 Å². The fourth-order valence-corrected chi connectivity index (χ4v) is 2.99. The second kappa shape index (κ2) is 6.72. The fourth-order valence-electron chi connectivity index (χ4n) is 2.99. The minimum absolute atomic E-state index is 0.335. The maximum atomic E-state index is 4.10. The SMILES string of the molecule is CCC1CNC(C(C)(C)C)CN1CCCn1ccnc1. The van der Waals surface area contributed by atoms with Gasteiger partial charge < -0.3 is 9.88 Å². The molecule has 1 aliphatic rings. The van der Waals surface area contributed by atoms with Crippen LogP contribution < -0.4 is 5.32 Å². The van der Waals surface area contributed by atoms with Gasteiger partial charge in [0.05, 0.1) is 6.33 Å². The van der Waals surface area contributed by atoms with Crippen molar-refractivity contribution in [2.75, 3.05) is 19.6 Å². The lowest BCUT2D eigenvalue weighted by Crippen LogP contribution is -2.60. The normalized spacial score (nSPS) is 25.0. The van der Waals surface area contributed by atoms with Gasteiger partial charge in [-0.2, -0.15) is 0 Å². The molecule has 1 aliphatic heterocycles. The van der Waals surface area contributed by atoms with Crippen molar-refractivity contribution in [2.45, 2.75) is 59.2 Å². The molecule has 0 spiro atoms. The van der Waals surface area contributed by atoms with Gasteiger partial charge in [-0.15, -0.1) is 0 Å². The number of aromatic nitrogens is 2. The molecule has 1 N–H and O–H groups in total. The summed E-state index contributed by atoms with van der Waals surface area (Å²) in [5, 5.41) is 3.74. The van der Waals surface area contributed by atoms with Crippen LogP contribution in [-0.2, 0) is 6.54 Å². The minimum Gasteiger partial charge on any atom is -0.337 e. The Bertz CT molecular complexity index is 380. The molecule has 1 aromatic heterocycles. The molecule has 1 saturated heterocycles. The monoisotopic (exact) mass is 278 g/mol. The highest BCUT2D eigenvalue weighted by atomic mass is 15.2. The zero-order chi connectivity index (χ0) is 14.6. The lowest BCUT2D eigenvalue weighted by Gasteiger charge is -2.45. The molecule has 0 bridgehead atoms. The highest BCUT2D eigenvalue weighted by molar-refractivity contribution is 4.91. The minimum atomic E-state index is 0.335. The van der Waals surface area contributed by atoms with E-state index in [0.29, 0.717) is 17.5 Å². The molecule has 4 heteroatoms. The van der Waals surface area contributed by atoms with Crippen molar-refractivity contribution >= 4 is 0 Å². The quantitative estimate of drug-likeness (QED) is 0.897. The molecule has 4 nitrogen and oxygen atoms in total. The first-order valence-electron chi connectivity index (χ1n) is 7.94. The van der Waals surface area contributed by atoms with Crippen molar-refractivity contribution in [3.05, 3.63) is 18.7 Å². The van der Waals surface area contributed by atoms with E-state index in [1.54, 1.807) is 0 Å². The maximum Gasteiger partial charge on any atom is 0.0945 e. The molecule has 20 heavy (non-hydrogen) atoms. The van der Waals surface area contributed by atoms with Crippen LogP contribution in [-0.4, -0.2) is 46.2 Å². The Morgan fingerprint density at radius 2 is 2.10 bits per heavy atom. The van der Waals surface area contributed by atoms with E-state index in [4.69, 9.17) is 0 Å². The van der Waals surface area contributed by atoms with Crippen molar-refractivity contribution < 1.29 is 0 Å². The number of hydrogen-bond donors (Lipinski definition) is 1. The summed E-state index contributed by atoms with van der Waals surface area (Å²) >= 11 is 0. The van der Waals surface area contributed by atoms with Crippen molar-refractivity contribution in [1.82, 2.24) is 19.8 Å². The van der Waals surface area contributed by atoms with Crippen LogP contribution in [0.4, 0.5) is 0 Å². The smallest absolute Gasteiger partial charge is 0.0945 e. The van der Waals surface area contributed by atoms with Crippen LogP contribution in [0.2, 0.25) is 0 Å². The molecule has 0 aliphatic carbocycles. The van der Waals surface area contributed by atoms with E-state index in [9.17, 15) is 0 Å². The summed E-state index contributed by atoms with van der Waals surface area (Å²) in [4.78, 5) is 6.79. The van der Waals surface area contributed by atoms with Gasteiger partial charge in [-0.3, -0.25) is 4.90 Å². The Morgan fingerprint density at radius 3 is 2.70 bits per heavy atom. The predicted molar refractivity (Wildman–Crippen MR) is 83.7 cm³/mol. The van der Waals surface area contributed by atoms with Gasteiger partial charge in [0.25, 0.3) is 0 Å². The van der Waals surface area contributed by atoms with Crippen LogP contribution in [0, 0.1) is 5.41 Å². The van der Waals surface area contributed by atoms with E-state index in [-0.39, 0.29) is 0 Å². The number of nitrogens with one attached hydrogen (secondary N) is 1. The number of rotatable bonds is 5. The number of aryl methyl sites for hydroxylation is 1. The lowest BCUT2D eigenvalue weighted by molar-refractivity contribution is 0.0816. The highest BCUT2D eigenvalue weighted by Crippen LogP contribution is 2.24. The molecule has 2 rings (SSSR count). The zero-order valence-corrected chi connectivity index (χ0v) is 13.5. The summed E-state index contributed by atoms with van der Waals surface area (Å²) < 4.78 is 2.17. The molecular formula is C16H30N4. The third-order valence-electron chi connectivity index (χ3n) is 4.47. The summed E-state index contributed by atoms with van der Waals surface area (Å²) in [6.07, 6.45) is 8.24. The van der Waals surface area contributed by atoms with E-state index in [1.165, 1.54) is 25.9 Å². The average Bonchev–Trinajstić information content (AvgIpc) is 2.90. The molecule has 0 aromatic carbocycles. The Kier molecular flexibility index (Phi) is 5.22. The molecule has 0 saturated carbocycles. The van der Waals surface area contributed by atoms with Crippen LogP contribution >= 0.6 is 0 Å². The van der Waals surface area contributed by atoms with Gasteiger partial charge in [-0.1, -0.05) is 27.7 Å². The first-order chi connectivity index (χ1) is 9.50. The third kappa shape index (κ3) is 4.06. The number of imidazole rings is 1. The number of piperazine rings is 1. The van der Waals surface area contributed by atoms with E-state index < -0.39 is 0 Å². The van der Waals surface area contributed by atoms with Crippen LogP contribution in [0.1, 0.15) is 40.5 Å². The maximum absolute atomic E-state index is 4.10. The standard InChI is InChI=1S/C16H30N4/c1-5-14-11-18-15(16(2,3)4)12-20(14)9-6-8-19-10-7-17-13-19/h7,10,13-15,18H,5-6,8-9,11-12H2,1-4H3. The Morgan fingerprint density at radius 1 is 1.30 bits per heavy atom. The molecular weight excluding hydrogens is 248 g/mol. The van der Waals surface area contributed by atoms with Crippen LogP contribution in [0.5, 0.6) is 0 Å². The summed E-state index contributed by atoms with van der Waals surface area (Å²) in [5.74, 6) is 0. The van der Waals surface area contributed by atoms with E-state index in [1.807, 2.05) is 18.7 Å². The van der Waals surface area contributed by atoms with Crippen LogP contribution in [0.3, 0.4) is 0 Å². The average molecular weight is 278 g/mol. The van der Waals surface area contributed by atoms with Gasteiger partial charge >= 0.3 is 0 Å². The summed E-state index contributed by atoms with van der Waals surface area (Å²) in [6, 6.07) is 1.29. The second-order valence-electron chi connectivity index (χ2n) is 7.04. The summed E-state index contributed by atoms with van der Waals surface area (Å²) in [7, 11) is 0. The van der Waals surface area contributed by atoms with Crippen molar-refractivity contribution in [3.63, 3.8) is 0 Å². The first kappa shape index (κ1) is 15.5. The van der Waals surface area contributed by atoms with Gasteiger partial charge in [0.2, 0.25) is 0 Å². The lowest BCUT2D eigenvalue weighted by atomic mass is 9.84. The Labute approximate surface area is 123 Å². The van der Waals surface area contributed by atoms with Gasteiger partial charge in [0.15, 0.2) is 0 Å². The first-order valence-corrected chi connectivity index (χ1v) is 7.94. The van der Waals surface area contributed by atoms with Crippen LogP contribution in [0.25, 0.3) is 0 Å². The molecule has 2 heterocycles. The van der Waals surface area contributed by atoms with Gasteiger partial charge in [0, 0.05) is 50.7 Å². The molecule has 1 aromatic rings.